The Bertz CT molecular complexity index is 1320. The van der Waals surface area contributed by atoms with E-state index >= 15 is 0 Å². The number of ketones is 1. The van der Waals surface area contributed by atoms with Crippen molar-refractivity contribution in [2.75, 3.05) is 0 Å². The summed E-state index contributed by atoms with van der Waals surface area (Å²) in [6.07, 6.45) is 4.54. The van der Waals surface area contributed by atoms with Gasteiger partial charge in [-0.3, -0.25) is 4.79 Å². The molecule has 136 valence electrons. The largest absolute Gasteiger partial charge is 0.453 e. The van der Waals surface area contributed by atoms with Crippen LogP contribution in [0.1, 0.15) is 27.2 Å². The molecule has 0 unspecified atom stereocenters. The molecule has 5 heteroatoms. The second kappa shape index (κ2) is 6.66. The maximum absolute atomic E-state index is 12.7. The van der Waals surface area contributed by atoms with Crippen molar-refractivity contribution in [1.29, 1.82) is 0 Å². The SMILES string of the molecule is O=C(c1ccc(Cl)cc1)c1cc2cc(Cc3c[nH]c4ncccc34)ccc2o1. The van der Waals surface area contributed by atoms with E-state index < -0.39 is 0 Å². The van der Waals surface area contributed by atoms with Crippen molar-refractivity contribution in [3.05, 3.63) is 101 Å². The third-order valence-electron chi connectivity index (χ3n) is 4.84. The second-order valence-corrected chi connectivity index (χ2v) is 7.15. The number of furan rings is 1. The Morgan fingerprint density at radius 2 is 1.93 bits per heavy atom. The fraction of sp³-hybridized carbons (Fsp3) is 0.0435. The number of fused-ring (bicyclic) bond motifs is 2. The lowest BCUT2D eigenvalue weighted by molar-refractivity contribution is 0.101. The first-order valence-corrected chi connectivity index (χ1v) is 9.29. The molecule has 0 amide bonds. The van der Waals surface area contributed by atoms with E-state index in [4.69, 9.17) is 16.0 Å². The first-order valence-electron chi connectivity index (χ1n) is 8.91. The molecule has 5 rings (SSSR count). The van der Waals surface area contributed by atoms with Crippen LogP contribution in [0, 0.1) is 0 Å². The van der Waals surface area contributed by atoms with E-state index in [1.165, 1.54) is 5.56 Å². The van der Waals surface area contributed by atoms with Gasteiger partial charge >= 0.3 is 0 Å². The van der Waals surface area contributed by atoms with Crippen LogP contribution in [0.5, 0.6) is 0 Å². The molecule has 0 saturated heterocycles. The number of halogens is 1. The molecule has 3 aromatic heterocycles. The van der Waals surface area contributed by atoms with Crippen LogP contribution in [0.15, 0.2) is 77.5 Å². The maximum atomic E-state index is 12.7. The molecule has 0 aliphatic rings. The number of carbonyl (C=O) groups excluding carboxylic acids is 1. The van der Waals surface area contributed by atoms with Gasteiger partial charge < -0.3 is 9.40 Å². The van der Waals surface area contributed by atoms with Crippen molar-refractivity contribution in [2.45, 2.75) is 6.42 Å². The highest BCUT2D eigenvalue weighted by Crippen LogP contribution is 2.26. The van der Waals surface area contributed by atoms with E-state index in [2.05, 4.69) is 22.1 Å². The van der Waals surface area contributed by atoms with Crippen LogP contribution >= 0.6 is 11.6 Å². The van der Waals surface area contributed by atoms with Crippen LogP contribution in [0.4, 0.5) is 0 Å². The smallest absolute Gasteiger partial charge is 0.228 e. The van der Waals surface area contributed by atoms with Crippen molar-refractivity contribution in [3.8, 4) is 0 Å². The number of H-pyrrole nitrogens is 1. The van der Waals surface area contributed by atoms with Gasteiger partial charge in [-0.2, -0.15) is 0 Å². The Labute approximate surface area is 165 Å². The number of rotatable bonds is 4. The zero-order chi connectivity index (χ0) is 19.1. The summed E-state index contributed by atoms with van der Waals surface area (Å²) in [5, 5.41) is 2.62. The minimum absolute atomic E-state index is 0.155. The van der Waals surface area contributed by atoms with E-state index in [9.17, 15) is 4.79 Å². The molecular weight excluding hydrogens is 372 g/mol. The van der Waals surface area contributed by atoms with Gasteiger partial charge in [0.2, 0.25) is 5.78 Å². The van der Waals surface area contributed by atoms with Gasteiger partial charge in [0.25, 0.3) is 0 Å². The molecular formula is C23H15ClN2O2. The number of hydrogen-bond acceptors (Lipinski definition) is 3. The quantitative estimate of drug-likeness (QED) is 0.398. The summed E-state index contributed by atoms with van der Waals surface area (Å²) >= 11 is 5.90. The van der Waals surface area contributed by atoms with Crippen LogP contribution < -0.4 is 0 Å². The second-order valence-electron chi connectivity index (χ2n) is 6.71. The molecule has 0 bridgehead atoms. The Morgan fingerprint density at radius 1 is 1.07 bits per heavy atom. The molecule has 0 saturated carbocycles. The van der Waals surface area contributed by atoms with Crippen LogP contribution in [0.3, 0.4) is 0 Å². The monoisotopic (exact) mass is 386 g/mol. The predicted octanol–water partition coefficient (Wildman–Crippen LogP) is 5.78. The standard InChI is InChI=1S/C23H15ClN2O2/c24-18-6-4-15(5-7-18)22(27)21-12-16-10-14(3-8-20(16)28-21)11-17-13-26-23-19(17)2-1-9-25-23/h1-10,12-13H,11H2,(H,25,26). The highest BCUT2D eigenvalue weighted by atomic mass is 35.5. The van der Waals surface area contributed by atoms with Crippen molar-refractivity contribution in [2.24, 2.45) is 0 Å². The third kappa shape index (κ3) is 2.98. The topological polar surface area (TPSA) is 58.9 Å². The third-order valence-corrected chi connectivity index (χ3v) is 5.09. The van der Waals surface area contributed by atoms with Gasteiger partial charge in [-0.1, -0.05) is 17.7 Å². The minimum Gasteiger partial charge on any atom is -0.453 e. The van der Waals surface area contributed by atoms with Crippen LogP contribution in [-0.2, 0) is 6.42 Å². The number of hydrogen-bond donors (Lipinski definition) is 1. The molecule has 0 spiro atoms. The number of benzene rings is 2. The number of carbonyl (C=O) groups is 1. The molecule has 4 nitrogen and oxygen atoms in total. The average Bonchev–Trinajstić information content (AvgIpc) is 3.32. The van der Waals surface area contributed by atoms with Gasteiger partial charge in [0.1, 0.15) is 11.2 Å². The van der Waals surface area contributed by atoms with E-state index in [0.717, 1.165) is 28.4 Å². The number of nitrogens with one attached hydrogen (secondary N) is 1. The summed E-state index contributed by atoms with van der Waals surface area (Å²) in [5.74, 6) is 0.169. The van der Waals surface area contributed by atoms with Crippen molar-refractivity contribution < 1.29 is 9.21 Å². The Kier molecular flexibility index (Phi) is 3.99. The van der Waals surface area contributed by atoms with E-state index in [-0.39, 0.29) is 5.78 Å². The Morgan fingerprint density at radius 3 is 2.79 bits per heavy atom. The fourth-order valence-electron chi connectivity index (χ4n) is 3.44. The van der Waals surface area contributed by atoms with Gasteiger partial charge in [-0.25, -0.2) is 4.98 Å². The normalized spacial score (nSPS) is 11.3. The van der Waals surface area contributed by atoms with Crippen molar-refractivity contribution in [1.82, 2.24) is 9.97 Å². The van der Waals surface area contributed by atoms with E-state index in [1.54, 1.807) is 36.5 Å². The number of pyridine rings is 1. The first kappa shape index (κ1) is 16.8. The summed E-state index contributed by atoms with van der Waals surface area (Å²) in [6, 6.07) is 18.6. The summed E-state index contributed by atoms with van der Waals surface area (Å²) in [4.78, 5) is 20.2. The van der Waals surface area contributed by atoms with Crippen molar-refractivity contribution >= 4 is 39.4 Å². The first-order chi connectivity index (χ1) is 13.7. The minimum atomic E-state index is -0.155. The number of nitrogens with zero attached hydrogens (tertiary/aromatic N) is 1. The Hall–Kier alpha value is -3.37. The molecule has 0 radical (unpaired) electrons. The number of aromatic nitrogens is 2. The zero-order valence-electron chi connectivity index (χ0n) is 14.8. The summed E-state index contributed by atoms with van der Waals surface area (Å²) in [5.41, 5.74) is 4.46. The molecule has 0 aliphatic carbocycles. The van der Waals surface area contributed by atoms with Gasteiger partial charge in [-0.05, 0) is 72.1 Å². The molecule has 5 aromatic rings. The van der Waals surface area contributed by atoms with Gasteiger partial charge in [0, 0.05) is 33.8 Å². The fourth-order valence-corrected chi connectivity index (χ4v) is 3.56. The van der Waals surface area contributed by atoms with E-state index in [0.29, 0.717) is 21.9 Å². The molecule has 1 N–H and O–H groups in total. The van der Waals surface area contributed by atoms with Gasteiger partial charge in [0.05, 0.1) is 0 Å². The lowest BCUT2D eigenvalue weighted by Gasteiger charge is -2.00. The lowest BCUT2D eigenvalue weighted by atomic mass is 10.0. The molecule has 0 aliphatic heterocycles. The van der Waals surface area contributed by atoms with Crippen LogP contribution in [0.25, 0.3) is 22.0 Å². The molecule has 0 atom stereocenters. The summed E-state index contributed by atoms with van der Waals surface area (Å²) < 4.78 is 5.78. The summed E-state index contributed by atoms with van der Waals surface area (Å²) in [7, 11) is 0. The highest BCUT2D eigenvalue weighted by molar-refractivity contribution is 6.30. The lowest BCUT2D eigenvalue weighted by Crippen LogP contribution is -1.98. The summed E-state index contributed by atoms with van der Waals surface area (Å²) in [6.45, 7) is 0. The predicted molar refractivity (Wildman–Crippen MR) is 110 cm³/mol. The molecule has 0 fully saturated rings. The van der Waals surface area contributed by atoms with Crippen LogP contribution in [0.2, 0.25) is 5.02 Å². The highest BCUT2D eigenvalue weighted by Gasteiger charge is 2.15. The van der Waals surface area contributed by atoms with E-state index in [1.807, 2.05) is 24.4 Å². The molecule has 2 aromatic carbocycles. The molecule has 28 heavy (non-hydrogen) atoms. The van der Waals surface area contributed by atoms with Crippen LogP contribution in [-0.4, -0.2) is 15.8 Å². The average molecular weight is 387 g/mol. The van der Waals surface area contributed by atoms with Crippen molar-refractivity contribution in [3.63, 3.8) is 0 Å². The Balaban J connectivity index is 1.46. The number of aromatic amines is 1. The van der Waals surface area contributed by atoms with Gasteiger partial charge in [0.15, 0.2) is 5.76 Å². The van der Waals surface area contributed by atoms with Gasteiger partial charge in [-0.15, -0.1) is 0 Å². The zero-order valence-corrected chi connectivity index (χ0v) is 15.5. The molecule has 3 heterocycles. The maximum Gasteiger partial charge on any atom is 0.228 e.